The van der Waals surface area contributed by atoms with Gasteiger partial charge in [-0.25, -0.2) is 0 Å². The van der Waals surface area contributed by atoms with E-state index >= 15 is 0 Å². The minimum Gasteiger partial charge on any atom is -0.386 e. The topological polar surface area (TPSA) is 44.8 Å². The molecule has 0 bridgehead atoms. The summed E-state index contributed by atoms with van der Waals surface area (Å²) >= 11 is 0. The minimum absolute atomic E-state index is 0.202. The molecule has 0 atom stereocenters. The third kappa shape index (κ3) is 4.68. The van der Waals surface area contributed by atoms with Gasteiger partial charge in [0.05, 0.1) is 0 Å². The predicted molar refractivity (Wildman–Crippen MR) is 103 cm³/mol. The normalized spacial score (nSPS) is 11.2. The number of hydrogen-bond acceptors (Lipinski definition) is 4. The maximum atomic E-state index is 13.4. The first kappa shape index (κ1) is 18.1. The molecule has 3 aromatic rings. The van der Waals surface area contributed by atoms with E-state index in [4.69, 9.17) is 13.6 Å². The van der Waals surface area contributed by atoms with E-state index in [0.29, 0.717) is 17.2 Å². The lowest BCUT2D eigenvalue weighted by molar-refractivity contribution is 0.297. The Morgan fingerprint density at radius 1 is 0.654 bits per heavy atom. The molecule has 0 amide bonds. The maximum Gasteiger partial charge on any atom is 0.647 e. The van der Waals surface area contributed by atoms with Crippen LogP contribution in [0.25, 0.3) is 0 Å². The number of para-hydroxylation sites is 3. The Hall–Kier alpha value is -2.71. The highest BCUT2D eigenvalue weighted by Gasteiger charge is 2.34. The van der Waals surface area contributed by atoms with E-state index < -0.39 is 7.82 Å². The van der Waals surface area contributed by atoms with E-state index in [2.05, 4.69) is 0 Å². The molecule has 0 aliphatic carbocycles. The van der Waals surface area contributed by atoms with Crippen LogP contribution in [-0.4, -0.2) is 0 Å². The molecule has 3 rings (SSSR count). The zero-order valence-corrected chi connectivity index (χ0v) is 15.6. The fraction of sp³-hybridized carbons (Fsp3) is 0.143. The van der Waals surface area contributed by atoms with E-state index in [-0.39, 0.29) is 5.92 Å². The molecule has 3 aromatic carbocycles. The largest absolute Gasteiger partial charge is 0.647 e. The van der Waals surface area contributed by atoms with Gasteiger partial charge in [0.25, 0.3) is 0 Å². The first-order chi connectivity index (χ1) is 12.6. The van der Waals surface area contributed by atoms with E-state index in [1.165, 1.54) is 0 Å². The monoisotopic (exact) mass is 368 g/mol. The summed E-state index contributed by atoms with van der Waals surface area (Å²) in [7, 11) is -3.95. The van der Waals surface area contributed by atoms with Crippen LogP contribution in [0.2, 0.25) is 0 Å². The molecule has 0 unspecified atom stereocenters. The van der Waals surface area contributed by atoms with Gasteiger partial charge >= 0.3 is 7.82 Å². The molecule has 0 aliphatic rings. The van der Waals surface area contributed by atoms with Crippen LogP contribution in [0, 0.1) is 0 Å². The van der Waals surface area contributed by atoms with Crippen molar-refractivity contribution in [2.45, 2.75) is 19.8 Å². The summed E-state index contributed by atoms with van der Waals surface area (Å²) in [5.74, 6) is 1.51. The van der Waals surface area contributed by atoms with Gasteiger partial charge in [0.1, 0.15) is 17.2 Å². The molecule has 0 N–H and O–H groups in total. The molecule has 4 nitrogen and oxygen atoms in total. The SMILES string of the molecule is CC(C)c1ccccc1OP(=O)(Oc1ccccc1)Oc1ccccc1. The van der Waals surface area contributed by atoms with E-state index in [1.807, 2.05) is 44.2 Å². The molecule has 0 radical (unpaired) electrons. The first-order valence-corrected chi connectivity index (χ1v) is 9.90. The number of rotatable bonds is 7. The Kier molecular flexibility index (Phi) is 5.65. The van der Waals surface area contributed by atoms with Gasteiger partial charge in [0.15, 0.2) is 0 Å². The molecule has 0 saturated heterocycles. The minimum atomic E-state index is -3.95. The van der Waals surface area contributed by atoms with Crippen LogP contribution in [0.15, 0.2) is 84.9 Å². The van der Waals surface area contributed by atoms with E-state index in [0.717, 1.165) is 5.56 Å². The van der Waals surface area contributed by atoms with Crippen LogP contribution in [0.1, 0.15) is 25.3 Å². The quantitative estimate of drug-likeness (QED) is 0.449. The second kappa shape index (κ2) is 8.11. The van der Waals surface area contributed by atoms with E-state index in [9.17, 15) is 4.57 Å². The molecular formula is C21H21O4P. The Morgan fingerprint density at radius 2 is 1.12 bits per heavy atom. The predicted octanol–water partition coefficient (Wildman–Crippen LogP) is 6.45. The van der Waals surface area contributed by atoms with Gasteiger partial charge in [-0.2, -0.15) is 4.57 Å². The molecule has 134 valence electrons. The Morgan fingerprint density at radius 3 is 1.62 bits per heavy atom. The summed E-state index contributed by atoms with van der Waals surface area (Å²) < 4.78 is 30.6. The summed E-state index contributed by atoms with van der Waals surface area (Å²) in [4.78, 5) is 0. The van der Waals surface area contributed by atoms with Crippen molar-refractivity contribution < 1.29 is 18.1 Å². The maximum absolute atomic E-state index is 13.4. The van der Waals surface area contributed by atoms with Crippen LogP contribution in [0.5, 0.6) is 17.2 Å². The number of phosphoric ester groups is 1. The molecule has 0 heterocycles. The van der Waals surface area contributed by atoms with Crippen molar-refractivity contribution in [3.63, 3.8) is 0 Å². The van der Waals surface area contributed by atoms with Gasteiger partial charge < -0.3 is 13.6 Å². The zero-order chi connectivity index (χ0) is 18.4. The third-order valence-electron chi connectivity index (χ3n) is 3.67. The molecule has 0 spiro atoms. The summed E-state index contributed by atoms with van der Waals surface area (Å²) in [5, 5.41) is 0. The van der Waals surface area contributed by atoms with Crippen molar-refractivity contribution in [3.05, 3.63) is 90.5 Å². The zero-order valence-electron chi connectivity index (χ0n) is 14.7. The molecule has 5 heteroatoms. The van der Waals surface area contributed by atoms with Crippen molar-refractivity contribution in [2.24, 2.45) is 0 Å². The van der Waals surface area contributed by atoms with E-state index in [1.54, 1.807) is 54.6 Å². The Balaban J connectivity index is 1.94. The molecule has 0 fully saturated rings. The van der Waals surface area contributed by atoms with Gasteiger partial charge in [0.2, 0.25) is 0 Å². The average Bonchev–Trinajstić information content (AvgIpc) is 2.63. The molecule has 26 heavy (non-hydrogen) atoms. The van der Waals surface area contributed by atoms with Crippen molar-refractivity contribution in [1.82, 2.24) is 0 Å². The molecular weight excluding hydrogens is 347 g/mol. The molecule has 0 saturated carbocycles. The lowest BCUT2D eigenvalue weighted by atomic mass is 10.0. The lowest BCUT2D eigenvalue weighted by Gasteiger charge is -2.21. The van der Waals surface area contributed by atoms with Gasteiger partial charge in [-0.05, 0) is 41.8 Å². The molecule has 0 aliphatic heterocycles. The van der Waals surface area contributed by atoms with Gasteiger partial charge in [0, 0.05) is 0 Å². The summed E-state index contributed by atoms with van der Waals surface area (Å²) in [6, 6.07) is 25.2. The van der Waals surface area contributed by atoms with Crippen molar-refractivity contribution in [2.75, 3.05) is 0 Å². The van der Waals surface area contributed by atoms with Crippen molar-refractivity contribution >= 4 is 7.82 Å². The highest BCUT2D eigenvalue weighted by molar-refractivity contribution is 7.49. The highest BCUT2D eigenvalue weighted by Crippen LogP contribution is 2.50. The Labute approximate surface area is 154 Å². The fourth-order valence-corrected chi connectivity index (χ4v) is 3.72. The summed E-state index contributed by atoms with van der Waals surface area (Å²) in [6.45, 7) is 4.09. The third-order valence-corrected chi connectivity index (χ3v) is 4.96. The standard InChI is InChI=1S/C21H21O4P/c1-17(2)20-15-9-10-16-21(20)25-26(22,23-18-11-5-3-6-12-18)24-19-13-7-4-8-14-19/h3-17H,1-2H3. The van der Waals surface area contributed by atoms with Crippen LogP contribution >= 0.6 is 7.82 Å². The fourth-order valence-electron chi connectivity index (χ4n) is 2.44. The first-order valence-electron chi connectivity index (χ1n) is 8.43. The number of phosphoric acid groups is 1. The van der Waals surface area contributed by atoms with Crippen molar-refractivity contribution in [1.29, 1.82) is 0 Å². The second-order valence-corrected chi connectivity index (χ2v) is 7.48. The summed E-state index contributed by atoms with van der Waals surface area (Å²) in [6.07, 6.45) is 0. The van der Waals surface area contributed by atoms with Gasteiger partial charge in [-0.3, -0.25) is 0 Å². The van der Waals surface area contributed by atoms with Crippen LogP contribution in [0.4, 0.5) is 0 Å². The van der Waals surface area contributed by atoms with Crippen LogP contribution in [-0.2, 0) is 4.57 Å². The summed E-state index contributed by atoms with van der Waals surface area (Å²) in [5.41, 5.74) is 0.932. The van der Waals surface area contributed by atoms with Crippen molar-refractivity contribution in [3.8, 4) is 17.2 Å². The second-order valence-electron chi connectivity index (χ2n) is 6.04. The Bertz CT molecular complexity index is 833. The van der Waals surface area contributed by atoms with Crippen LogP contribution < -0.4 is 13.6 Å². The van der Waals surface area contributed by atoms with Gasteiger partial charge in [-0.1, -0.05) is 68.4 Å². The molecule has 0 aromatic heterocycles. The highest BCUT2D eigenvalue weighted by atomic mass is 31.2. The van der Waals surface area contributed by atoms with Crippen LogP contribution in [0.3, 0.4) is 0 Å². The average molecular weight is 368 g/mol. The van der Waals surface area contributed by atoms with Gasteiger partial charge in [-0.15, -0.1) is 0 Å². The smallest absolute Gasteiger partial charge is 0.386 e. The number of hydrogen-bond donors (Lipinski definition) is 0. The lowest BCUT2D eigenvalue weighted by Crippen LogP contribution is -2.09. The number of benzene rings is 3.